The Morgan fingerprint density at radius 1 is 1.24 bits per heavy atom. The van der Waals surface area contributed by atoms with E-state index in [1.807, 2.05) is 17.7 Å². The second-order valence-corrected chi connectivity index (χ2v) is 6.11. The van der Waals surface area contributed by atoms with Crippen molar-refractivity contribution in [2.75, 3.05) is 19.0 Å². The van der Waals surface area contributed by atoms with Crippen LogP contribution in [0.3, 0.4) is 0 Å². The van der Waals surface area contributed by atoms with Gasteiger partial charge in [-0.3, -0.25) is 0 Å². The van der Waals surface area contributed by atoms with Crippen LogP contribution in [0.2, 0.25) is 0 Å². The first-order valence-electron chi connectivity index (χ1n) is 7.39. The highest BCUT2D eigenvalue weighted by Gasteiger charge is 2.10. The standard InChI is InChI=1S/C16H23N3OS/c1-4-5-9-20-10-11-21-16-18-17-15(19(16)3)14-8-6-7-13(2)12-14/h6-8,12H,4-5,9-11H2,1-3H3. The highest BCUT2D eigenvalue weighted by Crippen LogP contribution is 2.23. The molecule has 5 heteroatoms. The first-order valence-corrected chi connectivity index (χ1v) is 8.38. The molecule has 0 radical (unpaired) electrons. The summed E-state index contributed by atoms with van der Waals surface area (Å²) in [6, 6.07) is 8.34. The van der Waals surface area contributed by atoms with E-state index in [1.54, 1.807) is 11.8 Å². The first kappa shape index (κ1) is 16.0. The van der Waals surface area contributed by atoms with E-state index < -0.39 is 0 Å². The molecular weight excluding hydrogens is 282 g/mol. The Morgan fingerprint density at radius 2 is 2.10 bits per heavy atom. The van der Waals surface area contributed by atoms with Gasteiger partial charge in [0.05, 0.1) is 6.61 Å². The van der Waals surface area contributed by atoms with Gasteiger partial charge in [-0.15, -0.1) is 10.2 Å². The lowest BCUT2D eigenvalue weighted by Gasteiger charge is -2.05. The maximum atomic E-state index is 5.56. The van der Waals surface area contributed by atoms with Gasteiger partial charge >= 0.3 is 0 Å². The van der Waals surface area contributed by atoms with Gasteiger partial charge in [-0.25, -0.2) is 0 Å². The van der Waals surface area contributed by atoms with Crippen molar-refractivity contribution in [3.63, 3.8) is 0 Å². The average Bonchev–Trinajstić information content (AvgIpc) is 2.84. The molecule has 2 rings (SSSR count). The molecule has 114 valence electrons. The van der Waals surface area contributed by atoms with Crippen LogP contribution in [0.25, 0.3) is 11.4 Å². The predicted octanol–water partition coefficient (Wildman–Crippen LogP) is 3.70. The Labute approximate surface area is 130 Å². The van der Waals surface area contributed by atoms with Crippen molar-refractivity contribution in [3.8, 4) is 11.4 Å². The van der Waals surface area contributed by atoms with Gasteiger partial charge in [0.25, 0.3) is 0 Å². The fraction of sp³-hybridized carbons (Fsp3) is 0.500. The normalized spacial score (nSPS) is 11.0. The van der Waals surface area contributed by atoms with Crippen LogP contribution in [0, 0.1) is 6.92 Å². The molecule has 0 saturated carbocycles. The summed E-state index contributed by atoms with van der Waals surface area (Å²) in [5, 5.41) is 9.52. The number of rotatable bonds is 8. The summed E-state index contributed by atoms with van der Waals surface area (Å²) in [5.74, 6) is 1.82. The molecule has 0 aliphatic carbocycles. The third-order valence-corrected chi connectivity index (χ3v) is 4.20. The van der Waals surface area contributed by atoms with Gasteiger partial charge in [0.2, 0.25) is 0 Å². The largest absolute Gasteiger partial charge is 0.381 e. The highest BCUT2D eigenvalue weighted by molar-refractivity contribution is 7.99. The SMILES string of the molecule is CCCCOCCSc1nnc(-c2cccc(C)c2)n1C. The van der Waals surface area contributed by atoms with Crippen LogP contribution in [0.5, 0.6) is 0 Å². The van der Waals surface area contributed by atoms with E-state index in [4.69, 9.17) is 4.74 Å². The number of hydrogen-bond acceptors (Lipinski definition) is 4. The monoisotopic (exact) mass is 305 g/mol. The van der Waals surface area contributed by atoms with E-state index in [-0.39, 0.29) is 0 Å². The lowest BCUT2D eigenvalue weighted by molar-refractivity contribution is 0.147. The van der Waals surface area contributed by atoms with Crippen LogP contribution in [0.15, 0.2) is 29.4 Å². The van der Waals surface area contributed by atoms with Crippen molar-refractivity contribution in [3.05, 3.63) is 29.8 Å². The molecule has 0 spiro atoms. The molecule has 1 heterocycles. The Morgan fingerprint density at radius 3 is 2.86 bits per heavy atom. The Balaban J connectivity index is 1.91. The fourth-order valence-electron chi connectivity index (χ4n) is 2.02. The zero-order valence-corrected chi connectivity index (χ0v) is 13.8. The number of unbranched alkanes of at least 4 members (excludes halogenated alkanes) is 1. The van der Waals surface area contributed by atoms with Crippen LogP contribution in [0.4, 0.5) is 0 Å². The second kappa shape index (κ2) is 8.20. The summed E-state index contributed by atoms with van der Waals surface area (Å²) in [5.41, 5.74) is 2.34. The minimum absolute atomic E-state index is 0.761. The Hall–Kier alpha value is -1.33. The summed E-state index contributed by atoms with van der Waals surface area (Å²) in [7, 11) is 2.01. The number of hydrogen-bond donors (Lipinski definition) is 0. The molecule has 1 aromatic carbocycles. The minimum atomic E-state index is 0.761. The number of thioether (sulfide) groups is 1. The van der Waals surface area contributed by atoms with Crippen molar-refractivity contribution in [2.24, 2.45) is 7.05 Å². The molecule has 0 fully saturated rings. The van der Waals surface area contributed by atoms with Crippen molar-refractivity contribution in [1.82, 2.24) is 14.8 Å². The fourth-order valence-corrected chi connectivity index (χ4v) is 2.78. The van der Waals surface area contributed by atoms with Crippen molar-refractivity contribution < 1.29 is 4.74 Å². The molecule has 0 unspecified atom stereocenters. The number of nitrogens with zero attached hydrogens (tertiary/aromatic N) is 3. The third kappa shape index (κ3) is 4.58. The quantitative estimate of drug-likeness (QED) is 0.551. The molecule has 21 heavy (non-hydrogen) atoms. The maximum Gasteiger partial charge on any atom is 0.191 e. The lowest BCUT2D eigenvalue weighted by atomic mass is 10.1. The summed E-state index contributed by atoms with van der Waals surface area (Å²) in [4.78, 5) is 0. The molecule has 0 atom stereocenters. The molecule has 0 amide bonds. The summed E-state index contributed by atoms with van der Waals surface area (Å²) < 4.78 is 7.61. The predicted molar refractivity (Wildman–Crippen MR) is 87.6 cm³/mol. The van der Waals surface area contributed by atoms with E-state index in [9.17, 15) is 0 Å². The molecule has 2 aromatic rings. The van der Waals surface area contributed by atoms with Gasteiger partial charge < -0.3 is 9.30 Å². The Kier molecular flexibility index (Phi) is 6.26. The Bertz CT molecular complexity index is 568. The molecule has 0 bridgehead atoms. The van der Waals surface area contributed by atoms with Crippen molar-refractivity contribution in [1.29, 1.82) is 0 Å². The highest BCUT2D eigenvalue weighted by atomic mass is 32.2. The van der Waals surface area contributed by atoms with Crippen LogP contribution in [-0.4, -0.2) is 33.7 Å². The van der Waals surface area contributed by atoms with Crippen LogP contribution < -0.4 is 0 Å². The van der Waals surface area contributed by atoms with Crippen molar-refractivity contribution in [2.45, 2.75) is 31.8 Å². The number of aromatic nitrogens is 3. The molecule has 0 aliphatic rings. The smallest absolute Gasteiger partial charge is 0.191 e. The average molecular weight is 305 g/mol. The second-order valence-electron chi connectivity index (χ2n) is 5.05. The minimum Gasteiger partial charge on any atom is -0.381 e. The molecular formula is C16H23N3OS. The van der Waals surface area contributed by atoms with E-state index in [0.717, 1.165) is 41.9 Å². The molecule has 0 N–H and O–H groups in total. The van der Waals surface area contributed by atoms with Crippen LogP contribution in [-0.2, 0) is 11.8 Å². The topological polar surface area (TPSA) is 39.9 Å². The molecule has 4 nitrogen and oxygen atoms in total. The maximum absolute atomic E-state index is 5.56. The van der Waals surface area contributed by atoms with E-state index in [1.165, 1.54) is 12.0 Å². The van der Waals surface area contributed by atoms with Gasteiger partial charge in [-0.05, 0) is 19.4 Å². The number of aryl methyl sites for hydroxylation is 1. The van der Waals surface area contributed by atoms with E-state index >= 15 is 0 Å². The number of benzene rings is 1. The first-order chi connectivity index (χ1) is 10.2. The third-order valence-electron chi connectivity index (χ3n) is 3.21. The summed E-state index contributed by atoms with van der Waals surface area (Å²) >= 11 is 1.69. The molecule has 1 aromatic heterocycles. The molecule has 0 saturated heterocycles. The van der Waals surface area contributed by atoms with Gasteiger partial charge in [0, 0.05) is 25.0 Å². The zero-order chi connectivity index (χ0) is 15.1. The van der Waals surface area contributed by atoms with E-state index in [2.05, 4.69) is 42.2 Å². The number of ether oxygens (including phenoxy) is 1. The van der Waals surface area contributed by atoms with E-state index in [0.29, 0.717) is 0 Å². The summed E-state index contributed by atoms with van der Waals surface area (Å²) in [6.07, 6.45) is 2.31. The summed E-state index contributed by atoms with van der Waals surface area (Å²) in [6.45, 7) is 5.87. The van der Waals surface area contributed by atoms with Crippen LogP contribution >= 0.6 is 11.8 Å². The molecule has 0 aliphatic heterocycles. The van der Waals surface area contributed by atoms with Gasteiger partial charge in [0.1, 0.15) is 0 Å². The lowest BCUT2D eigenvalue weighted by Crippen LogP contribution is -2.01. The van der Waals surface area contributed by atoms with Crippen LogP contribution in [0.1, 0.15) is 25.3 Å². The zero-order valence-electron chi connectivity index (χ0n) is 13.0. The van der Waals surface area contributed by atoms with Crippen molar-refractivity contribution >= 4 is 11.8 Å². The van der Waals surface area contributed by atoms with Gasteiger partial charge in [-0.2, -0.15) is 0 Å². The van der Waals surface area contributed by atoms with Gasteiger partial charge in [-0.1, -0.05) is 48.9 Å². The van der Waals surface area contributed by atoms with Gasteiger partial charge in [0.15, 0.2) is 11.0 Å².